The number of hydrogen-bond acceptors (Lipinski definition) is 3. The van der Waals surface area contributed by atoms with Crippen molar-refractivity contribution in [3.63, 3.8) is 0 Å². The summed E-state index contributed by atoms with van der Waals surface area (Å²) in [6.45, 7) is 5.63. The van der Waals surface area contributed by atoms with E-state index in [0.29, 0.717) is 18.1 Å². The molecule has 2 heterocycles. The topological polar surface area (TPSA) is 52.7 Å². The molecule has 4 nitrogen and oxygen atoms in total. The number of rotatable bonds is 5. The van der Waals surface area contributed by atoms with Crippen LogP contribution in [0.3, 0.4) is 0 Å². The molecule has 0 aromatic carbocycles. The standard InChI is InChI=1S/C12H22N4/c1-9(6-12-4-3-5-13-12)16-10(2)11-7-14-15-8-11/h7-10,12-13,16H,3-6H2,1-2H3,(H,14,15). The van der Waals surface area contributed by atoms with Crippen LogP contribution in [-0.4, -0.2) is 28.8 Å². The normalized spacial score (nSPS) is 24.5. The third kappa shape index (κ3) is 3.06. The van der Waals surface area contributed by atoms with Gasteiger partial charge in [0.25, 0.3) is 0 Å². The Morgan fingerprint density at radius 1 is 1.56 bits per heavy atom. The van der Waals surface area contributed by atoms with E-state index in [1.54, 1.807) is 0 Å². The third-order valence-electron chi connectivity index (χ3n) is 3.35. The number of nitrogens with one attached hydrogen (secondary N) is 3. The van der Waals surface area contributed by atoms with Gasteiger partial charge in [-0.15, -0.1) is 0 Å². The molecule has 1 saturated heterocycles. The fourth-order valence-electron chi connectivity index (χ4n) is 2.47. The summed E-state index contributed by atoms with van der Waals surface area (Å²) < 4.78 is 0. The monoisotopic (exact) mass is 222 g/mol. The Morgan fingerprint density at radius 3 is 3.06 bits per heavy atom. The quantitative estimate of drug-likeness (QED) is 0.709. The van der Waals surface area contributed by atoms with Gasteiger partial charge >= 0.3 is 0 Å². The van der Waals surface area contributed by atoms with Crippen LogP contribution in [-0.2, 0) is 0 Å². The molecule has 0 radical (unpaired) electrons. The molecule has 3 atom stereocenters. The average Bonchev–Trinajstić information content (AvgIpc) is 2.88. The van der Waals surface area contributed by atoms with Crippen molar-refractivity contribution in [2.24, 2.45) is 0 Å². The first-order valence-corrected chi connectivity index (χ1v) is 6.24. The van der Waals surface area contributed by atoms with E-state index in [1.807, 2.05) is 12.4 Å². The molecular weight excluding hydrogens is 200 g/mol. The van der Waals surface area contributed by atoms with Crippen molar-refractivity contribution < 1.29 is 0 Å². The predicted octanol–water partition coefficient (Wildman–Crippen LogP) is 1.59. The number of H-pyrrole nitrogens is 1. The maximum absolute atomic E-state index is 3.98. The molecule has 0 amide bonds. The Hall–Kier alpha value is -0.870. The van der Waals surface area contributed by atoms with Crippen molar-refractivity contribution in [3.8, 4) is 0 Å². The van der Waals surface area contributed by atoms with Crippen LogP contribution >= 0.6 is 0 Å². The van der Waals surface area contributed by atoms with E-state index >= 15 is 0 Å². The minimum absolute atomic E-state index is 0.371. The van der Waals surface area contributed by atoms with E-state index in [2.05, 4.69) is 34.7 Å². The molecule has 0 spiro atoms. The highest BCUT2D eigenvalue weighted by atomic mass is 15.1. The molecule has 1 fully saturated rings. The summed E-state index contributed by atoms with van der Waals surface area (Å²) in [4.78, 5) is 0. The van der Waals surface area contributed by atoms with Gasteiger partial charge in [0.05, 0.1) is 6.20 Å². The lowest BCUT2D eigenvalue weighted by Gasteiger charge is -2.22. The summed E-state index contributed by atoms with van der Waals surface area (Å²) in [6, 6.07) is 1.62. The highest BCUT2D eigenvalue weighted by molar-refractivity contribution is 5.08. The second-order valence-electron chi connectivity index (χ2n) is 4.85. The highest BCUT2D eigenvalue weighted by Crippen LogP contribution is 2.15. The van der Waals surface area contributed by atoms with Crippen LogP contribution in [0, 0.1) is 0 Å². The minimum Gasteiger partial charge on any atom is -0.314 e. The highest BCUT2D eigenvalue weighted by Gasteiger charge is 2.18. The molecule has 0 aliphatic carbocycles. The summed E-state index contributed by atoms with van der Waals surface area (Å²) in [5.41, 5.74) is 1.23. The van der Waals surface area contributed by atoms with Gasteiger partial charge in [0.2, 0.25) is 0 Å². The minimum atomic E-state index is 0.371. The van der Waals surface area contributed by atoms with Crippen molar-refractivity contribution in [2.75, 3.05) is 6.54 Å². The Balaban J connectivity index is 1.75. The molecule has 1 aromatic heterocycles. The van der Waals surface area contributed by atoms with Crippen LogP contribution in [0.15, 0.2) is 12.4 Å². The third-order valence-corrected chi connectivity index (χ3v) is 3.35. The number of hydrogen-bond donors (Lipinski definition) is 3. The number of aromatic nitrogens is 2. The van der Waals surface area contributed by atoms with Gasteiger partial charge in [0, 0.05) is 29.9 Å². The summed E-state index contributed by atoms with van der Waals surface area (Å²) in [5.74, 6) is 0. The first-order chi connectivity index (χ1) is 7.75. The van der Waals surface area contributed by atoms with Gasteiger partial charge in [-0.05, 0) is 39.7 Å². The fraction of sp³-hybridized carbons (Fsp3) is 0.750. The molecule has 0 saturated carbocycles. The molecule has 4 heteroatoms. The lowest BCUT2D eigenvalue weighted by Crippen LogP contribution is -2.35. The SMILES string of the molecule is CC(CC1CCCN1)NC(C)c1cn[nH]c1. The van der Waals surface area contributed by atoms with Crippen LogP contribution in [0.5, 0.6) is 0 Å². The zero-order valence-corrected chi connectivity index (χ0v) is 10.2. The predicted molar refractivity (Wildman–Crippen MR) is 65.2 cm³/mol. The molecule has 1 aliphatic rings. The van der Waals surface area contributed by atoms with E-state index in [-0.39, 0.29) is 0 Å². The second kappa shape index (κ2) is 5.46. The van der Waals surface area contributed by atoms with Gasteiger partial charge in [0.1, 0.15) is 0 Å². The largest absolute Gasteiger partial charge is 0.314 e. The Kier molecular flexibility index (Phi) is 3.96. The first-order valence-electron chi connectivity index (χ1n) is 6.24. The van der Waals surface area contributed by atoms with Gasteiger partial charge in [0.15, 0.2) is 0 Å². The summed E-state index contributed by atoms with van der Waals surface area (Å²) in [6.07, 6.45) is 7.71. The first kappa shape index (κ1) is 11.6. The smallest absolute Gasteiger partial charge is 0.0534 e. The molecule has 90 valence electrons. The summed E-state index contributed by atoms with van der Waals surface area (Å²) in [5, 5.41) is 14.0. The maximum Gasteiger partial charge on any atom is 0.0534 e. The van der Waals surface area contributed by atoms with Gasteiger partial charge < -0.3 is 10.6 Å². The Labute approximate surface area is 97.2 Å². The molecule has 1 aliphatic heterocycles. The molecule has 0 bridgehead atoms. The van der Waals surface area contributed by atoms with Crippen LogP contribution in [0.2, 0.25) is 0 Å². The van der Waals surface area contributed by atoms with Gasteiger partial charge in [-0.1, -0.05) is 0 Å². The molecule has 16 heavy (non-hydrogen) atoms. The molecule has 2 rings (SSSR count). The number of aromatic amines is 1. The second-order valence-corrected chi connectivity index (χ2v) is 4.85. The zero-order chi connectivity index (χ0) is 11.4. The van der Waals surface area contributed by atoms with E-state index in [1.165, 1.54) is 31.4 Å². The summed E-state index contributed by atoms with van der Waals surface area (Å²) in [7, 11) is 0. The van der Waals surface area contributed by atoms with E-state index in [0.717, 1.165) is 0 Å². The van der Waals surface area contributed by atoms with Crippen molar-refractivity contribution >= 4 is 0 Å². The van der Waals surface area contributed by atoms with E-state index in [9.17, 15) is 0 Å². The van der Waals surface area contributed by atoms with E-state index in [4.69, 9.17) is 0 Å². The maximum atomic E-state index is 3.98. The van der Waals surface area contributed by atoms with Crippen molar-refractivity contribution in [1.29, 1.82) is 0 Å². The molecular formula is C12H22N4. The molecule has 1 aromatic rings. The van der Waals surface area contributed by atoms with Crippen molar-refractivity contribution in [3.05, 3.63) is 18.0 Å². The molecule has 3 unspecified atom stereocenters. The van der Waals surface area contributed by atoms with Gasteiger partial charge in [-0.25, -0.2) is 0 Å². The van der Waals surface area contributed by atoms with Crippen LogP contribution in [0.1, 0.15) is 44.7 Å². The van der Waals surface area contributed by atoms with Crippen molar-refractivity contribution in [2.45, 2.75) is 51.2 Å². The van der Waals surface area contributed by atoms with Crippen LogP contribution < -0.4 is 10.6 Å². The molecule has 3 N–H and O–H groups in total. The lowest BCUT2D eigenvalue weighted by molar-refractivity contribution is 0.407. The fourth-order valence-corrected chi connectivity index (χ4v) is 2.47. The Morgan fingerprint density at radius 2 is 2.44 bits per heavy atom. The average molecular weight is 222 g/mol. The van der Waals surface area contributed by atoms with Crippen molar-refractivity contribution in [1.82, 2.24) is 20.8 Å². The van der Waals surface area contributed by atoms with Gasteiger partial charge in [-0.3, -0.25) is 5.10 Å². The van der Waals surface area contributed by atoms with Crippen LogP contribution in [0.25, 0.3) is 0 Å². The van der Waals surface area contributed by atoms with E-state index < -0.39 is 0 Å². The van der Waals surface area contributed by atoms with Gasteiger partial charge in [-0.2, -0.15) is 5.10 Å². The Bertz CT molecular complexity index is 290. The lowest BCUT2D eigenvalue weighted by atomic mass is 10.1. The zero-order valence-electron chi connectivity index (χ0n) is 10.2. The summed E-state index contributed by atoms with van der Waals surface area (Å²) >= 11 is 0. The number of nitrogens with zero attached hydrogens (tertiary/aromatic N) is 1. The van der Waals surface area contributed by atoms with Crippen LogP contribution in [0.4, 0.5) is 0 Å².